The van der Waals surface area contributed by atoms with Crippen LogP contribution in [0.5, 0.6) is 0 Å². The Balaban J connectivity index is 1.53. The van der Waals surface area contributed by atoms with Gasteiger partial charge in [0.25, 0.3) is 5.91 Å². The summed E-state index contributed by atoms with van der Waals surface area (Å²) in [6.45, 7) is 4.28. The second-order valence-electron chi connectivity index (χ2n) is 10.6. The Morgan fingerprint density at radius 2 is 2.08 bits per heavy atom. The number of aromatic nitrogens is 3. The van der Waals surface area contributed by atoms with Gasteiger partial charge in [0.05, 0.1) is 31.2 Å². The fourth-order valence-electron chi connectivity index (χ4n) is 5.23. The van der Waals surface area contributed by atoms with Crippen LogP contribution in [0.25, 0.3) is 0 Å². The van der Waals surface area contributed by atoms with Crippen molar-refractivity contribution >= 4 is 29.6 Å². The number of anilines is 1. The first-order chi connectivity index (χ1) is 18.7. The van der Waals surface area contributed by atoms with Gasteiger partial charge >= 0.3 is 0 Å². The van der Waals surface area contributed by atoms with Gasteiger partial charge in [0.15, 0.2) is 0 Å². The van der Waals surface area contributed by atoms with Crippen LogP contribution >= 0.6 is 0 Å². The minimum Gasteiger partial charge on any atom is -0.371 e. The van der Waals surface area contributed by atoms with Gasteiger partial charge in [-0.3, -0.25) is 14.4 Å². The van der Waals surface area contributed by atoms with Gasteiger partial charge in [0, 0.05) is 18.3 Å². The number of para-hydroxylation sites is 1. The number of aromatic amines is 1. The lowest BCUT2D eigenvalue weighted by Gasteiger charge is -2.35. The highest BCUT2D eigenvalue weighted by Crippen LogP contribution is 2.40. The maximum Gasteiger partial charge on any atom is 0.259 e. The van der Waals surface area contributed by atoms with Crippen LogP contribution in [0.4, 0.5) is 5.69 Å². The zero-order valence-corrected chi connectivity index (χ0v) is 22.9. The molecule has 39 heavy (non-hydrogen) atoms. The molecule has 4 rings (SSSR count). The second-order valence-corrected chi connectivity index (χ2v) is 10.6. The third-order valence-corrected chi connectivity index (χ3v) is 7.51. The molecule has 12 nitrogen and oxygen atoms in total. The van der Waals surface area contributed by atoms with Crippen molar-refractivity contribution < 1.29 is 19.5 Å². The van der Waals surface area contributed by atoms with E-state index in [-0.39, 0.29) is 36.7 Å². The van der Waals surface area contributed by atoms with E-state index in [0.717, 1.165) is 16.8 Å². The molecule has 3 heterocycles. The van der Waals surface area contributed by atoms with E-state index in [1.54, 1.807) is 30.1 Å². The predicted octanol–water partition coefficient (Wildman–Crippen LogP) is 0.423. The molecule has 210 valence electrons. The van der Waals surface area contributed by atoms with E-state index in [2.05, 4.69) is 31.0 Å². The van der Waals surface area contributed by atoms with E-state index in [1.165, 1.54) is 6.21 Å². The van der Waals surface area contributed by atoms with Gasteiger partial charge in [-0.15, -0.1) is 0 Å². The minimum absolute atomic E-state index is 0.0607. The van der Waals surface area contributed by atoms with Crippen molar-refractivity contribution in [3.05, 3.63) is 41.2 Å². The molecule has 0 bridgehead atoms. The average Bonchev–Trinajstić information content (AvgIpc) is 3.54. The molecule has 2 aromatic rings. The van der Waals surface area contributed by atoms with Gasteiger partial charge in [-0.25, -0.2) is 4.99 Å². The summed E-state index contributed by atoms with van der Waals surface area (Å²) in [6.07, 6.45) is 4.15. The minimum atomic E-state index is -1.12. The van der Waals surface area contributed by atoms with Crippen molar-refractivity contribution in [1.82, 2.24) is 30.9 Å². The Hall–Kier alpha value is -3.64. The first-order valence-electron chi connectivity index (χ1n) is 13.4. The Morgan fingerprint density at radius 1 is 1.31 bits per heavy atom. The number of aryl methyl sites for hydroxylation is 1. The standard InChI is InChI=1S/C27H38N8O4/c1-5-16(2)20(14-28-23(36)15-34(3)4)25(37)31-21-10-9-17-7-6-8-18-11-22(35(24(17)18)27(21)39)26(38)29-12-19-13-30-33-32-19/h6-8,13-14,16,20-22,27,39H,5,9-12,15H2,1-4H3,(H,29,38)(H,31,37)(H,30,32,33). The maximum atomic E-state index is 13.5. The van der Waals surface area contributed by atoms with Crippen LogP contribution in [0.1, 0.15) is 43.5 Å². The number of carbonyl (C=O) groups excluding carboxylic acids is 3. The van der Waals surface area contributed by atoms with Gasteiger partial charge < -0.3 is 25.5 Å². The van der Waals surface area contributed by atoms with Crippen LogP contribution in [0.3, 0.4) is 0 Å². The molecule has 2 aliphatic rings. The molecule has 0 radical (unpaired) electrons. The largest absolute Gasteiger partial charge is 0.371 e. The molecule has 1 aromatic carbocycles. The molecule has 12 heteroatoms. The van der Waals surface area contributed by atoms with Crippen molar-refractivity contribution in [3.8, 4) is 0 Å². The summed E-state index contributed by atoms with van der Waals surface area (Å²) in [6, 6.07) is 4.68. The van der Waals surface area contributed by atoms with Crippen LogP contribution in [0.15, 0.2) is 29.4 Å². The van der Waals surface area contributed by atoms with Crippen LogP contribution in [0, 0.1) is 11.8 Å². The Labute approximate surface area is 228 Å². The number of nitrogens with zero attached hydrogens (tertiary/aromatic N) is 5. The van der Waals surface area contributed by atoms with Crippen LogP contribution in [-0.2, 0) is 33.8 Å². The van der Waals surface area contributed by atoms with Crippen molar-refractivity contribution in [3.63, 3.8) is 0 Å². The molecule has 2 aliphatic heterocycles. The lowest BCUT2D eigenvalue weighted by Crippen LogP contribution is -2.57. The van der Waals surface area contributed by atoms with E-state index in [1.807, 2.05) is 32.0 Å². The number of carbonyl (C=O) groups is 3. The highest BCUT2D eigenvalue weighted by Gasteiger charge is 2.44. The number of hydrogen-bond donors (Lipinski definition) is 4. The summed E-state index contributed by atoms with van der Waals surface area (Å²) in [5.41, 5.74) is 3.48. The SMILES string of the molecule is CCC(C)C(C=NC(=O)CN(C)C)C(=O)NC1CCc2cccc3c2N(C(C(=O)NCc2cn[nH]n2)C3)C1O. The Morgan fingerprint density at radius 3 is 2.77 bits per heavy atom. The van der Waals surface area contributed by atoms with E-state index >= 15 is 0 Å². The number of amides is 3. The molecule has 5 unspecified atom stereocenters. The number of H-pyrrole nitrogens is 1. The highest BCUT2D eigenvalue weighted by atomic mass is 16.3. The van der Waals surface area contributed by atoms with Crippen LogP contribution in [-0.4, -0.2) is 88.3 Å². The molecule has 0 spiro atoms. The summed E-state index contributed by atoms with van der Waals surface area (Å²) in [5.74, 6) is -1.55. The van der Waals surface area contributed by atoms with E-state index < -0.39 is 24.2 Å². The van der Waals surface area contributed by atoms with Crippen molar-refractivity contribution in [2.75, 3.05) is 25.5 Å². The van der Waals surface area contributed by atoms with Crippen LogP contribution < -0.4 is 15.5 Å². The average molecular weight is 539 g/mol. The molecule has 5 atom stereocenters. The molecule has 0 saturated heterocycles. The fourth-order valence-corrected chi connectivity index (χ4v) is 5.23. The zero-order valence-electron chi connectivity index (χ0n) is 22.9. The number of rotatable bonds is 10. The highest BCUT2D eigenvalue weighted by molar-refractivity contribution is 5.98. The summed E-state index contributed by atoms with van der Waals surface area (Å²) < 4.78 is 0. The van der Waals surface area contributed by atoms with Crippen molar-refractivity contribution in [2.45, 2.75) is 64.4 Å². The smallest absolute Gasteiger partial charge is 0.259 e. The second kappa shape index (κ2) is 12.5. The number of aliphatic imine (C=N–C) groups is 1. The Kier molecular flexibility index (Phi) is 9.08. The summed E-state index contributed by atoms with van der Waals surface area (Å²) in [4.78, 5) is 46.4. The monoisotopic (exact) mass is 538 g/mol. The number of aliphatic hydroxyl groups excluding tert-OH is 1. The van der Waals surface area contributed by atoms with Crippen LogP contribution in [0.2, 0.25) is 0 Å². The molecule has 3 amide bonds. The van der Waals surface area contributed by atoms with Gasteiger partial charge in [-0.2, -0.15) is 15.4 Å². The Bertz CT molecular complexity index is 1200. The zero-order chi connectivity index (χ0) is 28.1. The summed E-state index contributed by atoms with van der Waals surface area (Å²) in [5, 5.41) is 27.8. The topological polar surface area (TPSA) is 156 Å². The molecule has 4 N–H and O–H groups in total. The number of hydrogen-bond acceptors (Lipinski definition) is 8. The van der Waals surface area contributed by atoms with E-state index in [9.17, 15) is 19.5 Å². The molecular formula is C27H38N8O4. The lowest BCUT2D eigenvalue weighted by atomic mass is 9.91. The van der Waals surface area contributed by atoms with E-state index in [4.69, 9.17) is 0 Å². The number of aliphatic hydroxyl groups is 1. The van der Waals surface area contributed by atoms with Gasteiger partial charge in [0.2, 0.25) is 11.8 Å². The number of nitrogens with one attached hydrogen (secondary N) is 3. The third-order valence-electron chi connectivity index (χ3n) is 7.51. The first-order valence-corrected chi connectivity index (χ1v) is 13.4. The molecule has 0 saturated carbocycles. The fraction of sp³-hybridized carbons (Fsp3) is 0.556. The quantitative estimate of drug-likeness (QED) is 0.317. The molecule has 0 aliphatic carbocycles. The predicted molar refractivity (Wildman–Crippen MR) is 146 cm³/mol. The maximum absolute atomic E-state index is 13.5. The van der Waals surface area contributed by atoms with Crippen molar-refractivity contribution in [1.29, 1.82) is 0 Å². The van der Waals surface area contributed by atoms with Gasteiger partial charge in [0.1, 0.15) is 18.0 Å². The third kappa shape index (κ3) is 6.51. The summed E-state index contributed by atoms with van der Waals surface area (Å²) in [7, 11) is 3.56. The number of likely N-dealkylation sites (N-methyl/N-ethyl adjacent to an activating group) is 1. The first kappa shape index (κ1) is 28.4. The van der Waals surface area contributed by atoms with Gasteiger partial charge in [-0.05, 0) is 44.0 Å². The molecule has 1 aromatic heterocycles. The number of benzene rings is 1. The van der Waals surface area contributed by atoms with E-state index in [0.29, 0.717) is 31.4 Å². The lowest BCUT2D eigenvalue weighted by molar-refractivity contribution is -0.125. The summed E-state index contributed by atoms with van der Waals surface area (Å²) >= 11 is 0. The molecule has 0 fully saturated rings. The van der Waals surface area contributed by atoms with Crippen molar-refractivity contribution in [2.24, 2.45) is 16.8 Å². The van der Waals surface area contributed by atoms with Gasteiger partial charge in [-0.1, -0.05) is 38.5 Å². The normalized spacial score (nSPS) is 21.9. The molecular weight excluding hydrogens is 500 g/mol.